The number of guanidine groups is 1. The predicted octanol–water partition coefficient (Wildman–Crippen LogP) is 3.06. The van der Waals surface area contributed by atoms with Crippen molar-refractivity contribution in [2.45, 2.75) is 40.3 Å². The second-order valence-electron chi connectivity index (χ2n) is 6.28. The van der Waals surface area contributed by atoms with Crippen molar-refractivity contribution < 1.29 is 13.9 Å². The first-order valence-corrected chi connectivity index (χ1v) is 9.85. The smallest absolute Gasteiger partial charge is 0.191 e. The molecule has 0 amide bonds. The highest BCUT2D eigenvalue weighted by molar-refractivity contribution is 7.11. The first-order valence-electron chi connectivity index (χ1n) is 9.03. The van der Waals surface area contributed by atoms with Gasteiger partial charge in [0.2, 0.25) is 0 Å². The Bertz CT molecular complexity index is 803. The number of rotatable bonds is 6. The van der Waals surface area contributed by atoms with Gasteiger partial charge < -0.3 is 20.1 Å². The molecule has 0 spiro atoms. The van der Waals surface area contributed by atoms with Crippen LogP contribution >= 0.6 is 11.3 Å². The molecule has 0 saturated carbocycles. The highest BCUT2D eigenvalue weighted by Crippen LogP contribution is 2.29. The Labute approximate surface area is 162 Å². The summed E-state index contributed by atoms with van der Waals surface area (Å²) < 4.78 is 24.6. The van der Waals surface area contributed by atoms with E-state index in [4.69, 9.17) is 9.47 Å². The average molecular weight is 393 g/mol. The standard InChI is InChI=1S/C19H25FN4O2S/c1-4-21-19(23-9-17-24-12(2)13(3)27-17)22-6-5-14-7-16(20)8-15-10-25-11-26-18(14)15/h7-8H,4-6,9-11H2,1-3H3,(H2,21,22,23). The van der Waals surface area contributed by atoms with Gasteiger partial charge in [-0.3, -0.25) is 0 Å². The van der Waals surface area contributed by atoms with Crippen LogP contribution in [0.1, 0.15) is 33.6 Å². The molecule has 3 rings (SSSR count). The van der Waals surface area contributed by atoms with Crippen molar-refractivity contribution >= 4 is 17.3 Å². The van der Waals surface area contributed by atoms with E-state index >= 15 is 0 Å². The van der Waals surface area contributed by atoms with Crippen LogP contribution in [0.3, 0.4) is 0 Å². The summed E-state index contributed by atoms with van der Waals surface area (Å²) in [6.07, 6.45) is 0.625. The third kappa shape index (κ3) is 5.17. The van der Waals surface area contributed by atoms with Crippen molar-refractivity contribution in [1.29, 1.82) is 0 Å². The first kappa shape index (κ1) is 19.6. The van der Waals surface area contributed by atoms with Crippen molar-refractivity contribution in [3.05, 3.63) is 44.7 Å². The van der Waals surface area contributed by atoms with Crippen LogP contribution in [0.25, 0.3) is 0 Å². The van der Waals surface area contributed by atoms with Gasteiger partial charge in [0.05, 0.1) is 18.8 Å². The van der Waals surface area contributed by atoms with Crippen LogP contribution in [-0.4, -0.2) is 30.8 Å². The van der Waals surface area contributed by atoms with Gasteiger partial charge in [-0.15, -0.1) is 11.3 Å². The van der Waals surface area contributed by atoms with Crippen LogP contribution in [0.5, 0.6) is 5.75 Å². The monoisotopic (exact) mass is 392 g/mol. The third-order valence-corrected chi connectivity index (χ3v) is 5.29. The summed E-state index contributed by atoms with van der Waals surface area (Å²) in [4.78, 5) is 10.3. The Morgan fingerprint density at radius 3 is 2.93 bits per heavy atom. The Hall–Kier alpha value is -2.19. The van der Waals surface area contributed by atoms with Crippen LogP contribution < -0.4 is 15.4 Å². The molecule has 0 unspecified atom stereocenters. The number of nitrogens with zero attached hydrogens (tertiary/aromatic N) is 2. The number of halogens is 1. The SMILES string of the molecule is CCNC(=NCc1nc(C)c(C)s1)NCCc1cc(F)cc2c1OCOC2. The van der Waals surface area contributed by atoms with E-state index in [0.717, 1.165) is 40.1 Å². The number of benzene rings is 1. The molecule has 0 bridgehead atoms. The lowest BCUT2D eigenvalue weighted by Gasteiger charge is -2.21. The van der Waals surface area contributed by atoms with E-state index in [9.17, 15) is 4.39 Å². The molecular formula is C19H25FN4O2S. The highest BCUT2D eigenvalue weighted by atomic mass is 32.1. The molecule has 0 fully saturated rings. The maximum absolute atomic E-state index is 13.8. The number of hydrogen-bond donors (Lipinski definition) is 2. The van der Waals surface area contributed by atoms with Gasteiger partial charge in [0.1, 0.15) is 16.6 Å². The zero-order valence-corrected chi connectivity index (χ0v) is 16.7. The van der Waals surface area contributed by atoms with Gasteiger partial charge in [0.15, 0.2) is 12.8 Å². The fourth-order valence-corrected chi connectivity index (χ4v) is 3.71. The number of fused-ring (bicyclic) bond motifs is 1. The molecule has 0 atom stereocenters. The molecule has 6 nitrogen and oxygen atoms in total. The molecule has 8 heteroatoms. The fraction of sp³-hybridized carbons (Fsp3) is 0.474. The van der Waals surface area contributed by atoms with Crippen molar-refractivity contribution in [2.24, 2.45) is 4.99 Å². The third-order valence-electron chi connectivity index (χ3n) is 4.23. The minimum absolute atomic E-state index is 0.204. The molecule has 0 aliphatic carbocycles. The largest absolute Gasteiger partial charge is 0.467 e. The summed E-state index contributed by atoms with van der Waals surface area (Å²) in [5, 5.41) is 7.51. The molecule has 1 aliphatic heterocycles. The Kier molecular flexibility index (Phi) is 6.63. The van der Waals surface area contributed by atoms with Crippen LogP contribution in [0.15, 0.2) is 17.1 Å². The number of aryl methyl sites for hydroxylation is 2. The maximum atomic E-state index is 13.8. The molecule has 1 aromatic carbocycles. The van der Waals surface area contributed by atoms with E-state index in [1.807, 2.05) is 13.8 Å². The van der Waals surface area contributed by atoms with Crippen LogP contribution in [0.2, 0.25) is 0 Å². The number of ether oxygens (including phenoxy) is 2. The first-order chi connectivity index (χ1) is 13.1. The lowest BCUT2D eigenvalue weighted by atomic mass is 10.1. The molecule has 1 aliphatic rings. The fourth-order valence-electron chi connectivity index (χ4n) is 2.85. The lowest BCUT2D eigenvalue weighted by Crippen LogP contribution is -2.38. The van der Waals surface area contributed by atoms with Crippen molar-refractivity contribution in [3.63, 3.8) is 0 Å². The van der Waals surface area contributed by atoms with Gasteiger partial charge in [0.25, 0.3) is 0 Å². The Morgan fingerprint density at radius 1 is 1.33 bits per heavy atom. The number of thiazole rings is 1. The van der Waals surface area contributed by atoms with E-state index in [0.29, 0.717) is 26.1 Å². The summed E-state index contributed by atoms with van der Waals surface area (Å²) in [6, 6.07) is 2.99. The quantitative estimate of drug-likeness (QED) is 0.584. The van der Waals surface area contributed by atoms with Crippen molar-refractivity contribution in [2.75, 3.05) is 19.9 Å². The Morgan fingerprint density at radius 2 is 2.19 bits per heavy atom. The van der Waals surface area contributed by atoms with Crippen LogP contribution in [0, 0.1) is 19.7 Å². The molecular weight excluding hydrogens is 367 g/mol. The van der Waals surface area contributed by atoms with E-state index in [1.165, 1.54) is 17.0 Å². The van der Waals surface area contributed by atoms with Gasteiger partial charge in [0, 0.05) is 23.5 Å². The van der Waals surface area contributed by atoms with Crippen molar-refractivity contribution in [1.82, 2.24) is 15.6 Å². The average Bonchev–Trinajstić information content (AvgIpc) is 2.97. The number of nitrogens with one attached hydrogen (secondary N) is 2. The van der Waals surface area contributed by atoms with Crippen molar-refractivity contribution in [3.8, 4) is 5.75 Å². The molecule has 1 aromatic heterocycles. The van der Waals surface area contributed by atoms with Crippen LogP contribution in [0.4, 0.5) is 4.39 Å². The van der Waals surface area contributed by atoms with Gasteiger partial charge in [-0.1, -0.05) is 0 Å². The molecule has 27 heavy (non-hydrogen) atoms. The van der Waals surface area contributed by atoms with E-state index in [-0.39, 0.29) is 12.6 Å². The summed E-state index contributed by atoms with van der Waals surface area (Å²) in [5.41, 5.74) is 2.65. The van der Waals surface area contributed by atoms with E-state index < -0.39 is 0 Å². The summed E-state index contributed by atoms with van der Waals surface area (Å²) >= 11 is 1.67. The Balaban J connectivity index is 1.61. The highest BCUT2D eigenvalue weighted by Gasteiger charge is 2.16. The molecule has 2 aromatic rings. The number of aliphatic imine (C=N–C) groups is 1. The minimum Gasteiger partial charge on any atom is -0.467 e. The zero-order valence-electron chi connectivity index (χ0n) is 15.9. The summed E-state index contributed by atoms with van der Waals surface area (Å²) in [6.45, 7) is 8.58. The van der Waals surface area contributed by atoms with Gasteiger partial charge >= 0.3 is 0 Å². The number of hydrogen-bond acceptors (Lipinski definition) is 5. The number of aromatic nitrogens is 1. The molecule has 0 saturated heterocycles. The van der Waals surface area contributed by atoms with Gasteiger partial charge in [-0.2, -0.15) is 0 Å². The molecule has 2 N–H and O–H groups in total. The van der Waals surface area contributed by atoms with E-state index in [1.54, 1.807) is 11.3 Å². The van der Waals surface area contributed by atoms with Gasteiger partial charge in [-0.05, 0) is 44.9 Å². The van der Waals surface area contributed by atoms with E-state index in [2.05, 4.69) is 27.5 Å². The maximum Gasteiger partial charge on any atom is 0.191 e. The zero-order chi connectivity index (χ0) is 19.2. The second-order valence-corrected chi connectivity index (χ2v) is 7.57. The molecule has 146 valence electrons. The second kappa shape index (κ2) is 9.14. The molecule has 2 heterocycles. The predicted molar refractivity (Wildman–Crippen MR) is 105 cm³/mol. The normalized spacial score (nSPS) is 13.9. The minimum atomic E-state index is -0.270. The van der Waals surface area contributed by atoms with Gasteiger partial charge in [-0.25, -0.2) is 14.4 Å². The summed E-state index contributed by atoms with van der Waals surface area (Å²) in [5.74, 6) is 1.19. The topological polar surface area (TPSA) is 67.8 Å². The lowest BCUT2D eigenvalue weighted by molar-refractivity contribution is -0.0172. The molecule has 0 radical (unpaired) electrons. The van der Waals surface area contributed by atoms with Crippen LogP contribution in [-0.2, 0) is 24.3 Å². The summed E-state index contributed by atoms with van der Waals surface area (Å²) in [7, 11) is 0.